The van der Waals surface area contributed by atoms with E-state index in [4.69, 9.17) is 10.5 Å². The van der Waals surface area contributed by atoms with Crippen LogP contribution in [0.4, 0.5) is 5.69 Å². The maximum Gasteiger partial charge on any atom is 0.254 e. The smallest absolute Gasteiger partial charge is 0.254 e. The van der Waals surface area contributed by atoms with Gasteiger partial charge in [0.05, 0.1) is 12.8 Å². The van der Waals surface area contributed by atoms with Crippen molar-refractivity contribution in [3.63, 3.8) is 0 Å². The van der Waals surface area contributed by atoms with Gasteiger partial charge < -0.3 is 15.4 Å². The maximum atomic E-state index is 12.3. The molecule has 0 radical (unpaired) electrons. The van der Waals surface area contributed by atoms with E-state index in [-0.39, 0.29) is 11.9 Å². The second-order valence-corrected chi connectivity index (χ2v) is 4.30. The lowest BCUT2D eigenvalue weighted by molar-refractivity contribution is 0.0729. The number of methoxy groups -OCH3 is 1. The Kier molecular flexibility index (Phi) is 4.77. The highest BCUT2D eigenvalue weighted by atomic mass is 16.5. The molecule has 0 aliphatic carbocycles. The van der Waals surface area contributed by atoms with Gasteiger partial charge >= 0.3 is 0 Å². The normalized spacial score (nSPS) is 10.2. The number of hydrogen-bond donors (Lipinski definition) is 1. The Bertz CT molecular complexity index is 441. The molecule has 0 unspecified atom stereocenters. The predicted octanol–water partition coefficient (Wildman–Crippen LogP) is 2.31. The summed E-state index contributed by atoms with van der Waals surface area (Å²) in [7, 11) is 1.55. The number of anilines is 1. The Morgan fingerprint density at radius 3 is 2.67 bits per heavy atom. The molecule has 1 aromatic rings. The highest BCUT2D eigenvalue weighted by molar-refractivity contribution is 5.95. The molecule has 0 aromatic heterocycles. The fourth-order valence-corrected chi connectivity index (χ4v) is 1.70. The van der Waals surface area contributed by atoms with Gasteiger partial charge in [-0.05, 0) is 32.0 Å². The summed E-state index contributed by atoms with van der Waals surface area (Å²) in [5.41, 5.74) is 6.83. The van der Waals surface area contributed by atoms with E-state index in [1.807, 2.05) is 13.8 Å². The van der Waals surface area contributed by atoms with E-state index in [0.717, 1.165) is 0 Å². The summed E-state index contributed by atoms with van der Waals surface area (Å²) in [6.07, 6.45) is 1.71. The minimum Gasteiger partial charge on any atom is -0.495 e. The molecular formula is C14H20N2O2. The molecule has 0 atom stereocenters. The van der Waals surface area contributed by atoms with Gasteiger partial charge in [-0.1, -0.05) is 6.08 Å². The summed E-state index contributed by atoms with van der Waals surface area (Å²) in [6.45, 7) is 8.11. The lowest BCUT2D eigenvalue weighted by atomic mass is 10.1. The third-order valence-corrected chi connectivity index (χ3v) is 2.69. The molecule has 2 N–H and O–H groups in total. The molecule has 1 amide bonds. The molecular weight excluding hydrogens is 228 g/mol. The van der Waals surface area contributed by atoms with Crippen molar-refractivity contribution in [2.75, 3.05) is 19.4 Å². The first-order valence-electron chi connectivity index (χ1n) is 5.86. The number of nitrogens with two attached hydrogens (primary N) is 1. The van der Waals surface area contributed by atoms with Gasteiger partial charge in [-0.15, -0.1) is 6.58 Å². The van der Waals surface area contributed by atoms with E-state index >= 15 is 0 Å². The number of rotatable bonds is 5. The fourth-order valence-electron chi connectivity index (χ4n) is 1.70. The van der Waals surface area contributed by atoms with Crippen LogP contribution in [0.25, 0.3) is 0 Å². The molecule has 0 fully saturated rings. The van der Waals surface area contributed by atoms with E-state index in [2.05, 4.69) is 6.58 Å². The van der Waals surface area contributed by atoms with E-state index in [1.54, 1.807) is 36.3 Å². The van der Waals surface area contributed by atoms with Crippen LogP contribution < -0.4 is 10.5 Å². The first-order valence-corrected chi connectivity index (χ1v) is 5.86. The van der Waals surface area contributed by atoms with Crippen LogP contribution in [-0.4, -0.2) is 30.5 Å². The zero-order valence-corrected chi connectivity index (χ0v) is 11.1. The van der Waals surface area contributed by atoms with Gasteiger partial charge in [0, 0.05) is 18.2 Å². The molecule has 0 bridgehead atoms. The lowest BCUT2D eigenvalue weighted by Gasteiger charge is -2.25. The number of carbonyl (C=O) groups excluding carboxylic acids is 1. The Morgan fingerprint density at radius 2 is 2.22 bits per heavy atom. The van der Waals surface area contributed by atoms with Gasteiger partial charge in [-0.2, -0.15) is 0 Å². The molecule has 0 spiro atoms. The Hall–Kier alpha value is -1.97. The number of nitrogens with zero attached hydrogens (tertiary/aromatic N) is 1. The Morgan fingerprint density at radius 1 is 1.56 bits per heavy atom. The fraction of sp³-hybridized carbons (Fsp3) is 0.357. The first kappa shape index (κ1) is 14.1. The zero-order valence-electron chi connectivity index (χ0n) is 11.1. The Labute approximate surface area is 108 Å². The van der Waals surface area contributed by atoms with Crippen molar-refractivity contribution in [2.24, 2.45) is 0 Å². The van der Waals surface area contributed by atoms with Crippen molar-refractivity contribution in [1.82, 2.24) is 4.90 Å². The number of benzene rings is 1. The SMILES string of the molecule is C=CCN(C(=O)c1ccc(OC)c(N)c1)C(C)C. The molecule has 18 heavy (non-hydrogen) atoms. The average Bonchev–Trinajstić information content (AvgIpc) is 2.34. The number of ether oxygens (including phenoxy) is 1. The number of carbonyl (C=O) groups is 1. The van der Waals surface area contributed by atoms with Crippen LogP contribution in [0.15, 0.2) is 30.9 Å². The van der Waals surface area contributed by atoms with Crippen LogP contribution in [0.3, 0.4) is 0 Å². The molecule has 0 heterocycles. The topological polar surface area (TPSA) is 55.6 Å². The average molecular weight is 248 g/mol. The number of nitrogen functional groups attached to an aromatic ring is 1. The maximum absolute atomic E-state index is 12.3. The molecule has 0 aliphatic heterocycles. The van der Waals surface area contributed by atoms with E-state index < -0.39 is 0 Å². The van der Waals surface area contributed by atoms with Gasteiger partial charge in [-0.3, -0.25) is 4.79 Å². The quantitative estimate of drug-likeness (QED) is 0.642. The lowest BCUT2D eigenvalue weighted by Crippen LogP contribution is -2.37. The minimum atomic E-state index is -0.0562. The summed E-state index contributed by atoms with van der Waals surface area (Å²) in [5, 5.41) is 0. The van der Waals surface area contributed by atoms with Crippen molar-refractivity contribution in [3.8, 4) is 5.75 Å². The summed E-state index contributed by atoms with van der Waals surface area (Å²) in [5.74, 6) is 0.519. The number of amides is 1. The molecule has 0 aliphatic rings. The zero-order chi connectivity index (χ0) is 13.7. The predicted molar refractivity (Wildman–Crippen MR) is 73.8 cm³/mol. The molecule has 4 heteroatoms. The summed E-state index contributed by atoms with van der Waals surface area (Å²) in [6, 6.07) is 5.17. The van der Waals surface area contributed by atoms with Gasteiger partial charge in [0.25, 0.3) is 5.91 Å². The molecule has 98 valence electrons. The standard InChI is InChI=1S/C14H20N2O2/c1-5-8-16(10(2)3)14(17)11-6-7-13(18-4)12(15)9-11/h5-7,9-10H,1,8,15H2,2-4H3. The van der Waals surface area contributed by atoms with Crippen molar-refractivity contribution in [3.05, 3.63) is 36.4 Å². The van der Waals surface area contributed by atoms with E-state index in [0.29, 0.717) is 23.5 Å². The monoisotopic (exact) mass is 248 g/mol. The first-order chi connectivity index (χ1) is 8.51. The molecule has 4 nitrogen and oxygen atoms in total. The van der Waals surface area contributed by atoms with Gasteiger partial charge in [0.15, 0.2) is 0 Å². The van der Waals surface area contributed by atoms with Crippen LogP contribution in [0.2, 0.25) is 0 Å². The van der Waals surface area contributed by atoms with Crippen LogP contribution in [0, 0.1) is 0 Å². The van der Waals surface area contributed by atoms with Crippen molar-refractivity contribution in [1.29, 1.82) is 0 Å². The second kappa shape index (κ2) is 6.10. The van der Waals surface area contributed by atoms with Crippen molar-refractivity contribution in [2.45, 2.75) is 19.9 Å². The summed E-state index contributed by atoms with van der Waals surface area (Å²) in [4.78, 5) is 14.0. The minimum absolute atomic E-state index is 0.0562. The highest BCUT2D eigenvalue weighted by Crippen LogP contribution is 2.23. The van der Waals surface area contributed by atoms with Crippen LogP contribution in [0.5, 0.6) is 5.75 Å². The van der Waals surface area contributed by atoms with E-state index in [9.17, 15) is 4.79 Å². The molecule has 1 aromatic carbocycles. The largest absolute Gasteiger partial charge is 0.495 e. The second-order valence-electron chi connectivity index (χ2n) is 4.30. The molecule has 0 saturated heterocycles. The van der Waals surface area contributed by atoms with Crippen molar-refractivity contribution >= 4 is 11.6 Å². The van der Waals surface area contributed by atoms with Gasteiger partial charge in [-0.25, -0.2) is 0 Å². The van der Waals surface area contributed by atoms with Gasteiger partial charge in [0.2, 0.25) is 0 Å². The summed E-state index contributed by atoms with van der Waals surface area (Å²) < 4.78 is 5.07. The van der Waals surface area contributed by atoms with Crippen LogP contribution >= 0.6 is 0 Å². The molecule has 1 rings (SSSR count). The van der Waals surface area contributed by atoms with Crippen molar-refractivity contribution < 1.29 is 9.53 Å². The third-order valence-electron chi connectivity index (χ3n) is 2.69. The highest BCUT2D eigenvalue weighted by Gasteiger charge is 2.18. The Balaban J connectivity index is 3.01. The third kappa shape index (κ3) is 3.03. The number of hydrogen-bond acceptors (Lipinski definition) is 3. The molecule has 0 saturated carbocycles. The van der Waals surface area contributed by atoms with Crippen LogP contribution in [-0.2, 0) is 0 Å². The van der Waals surface area contributed by atoms with Gasteiger partial charge in [0.1, 0.15) is 5.75 Å². The summed E-state index contributed by atoms with van der Waals surface area (Å²) >= 11 is 0. The van der Waals surface area contributed by atoms with Crippen LogP contribution in [0.1, 0.15) is 24.2 Å². The van der Waals surface area contributed by atoms with E-state index in [1.165, 1.54) is 0 Å².